The number of nitrogens with zero attached hydrogens (tertiary/aromatic N) is 2. The van der Waals surface area contributed by atoms with Gasteiger partial charge in [0, 0.05) is 28.4 Å². The van der Waals surface area contributed by atoms with Crippen molar-refractivity contribution in [1.29, 1.82) is 0 Å². The Morgan fingerprint density at radius 1 is 1.30 bits per heavy atom. The molecule has 3 N–H and O–H groups in total. The molecule has 138 valence electrons. The molecule has 0 saturated heterocycles. The maximum absolute atomic E-state index is 11.6. The number of amides is 1. The molecule has 1 aromatic carbocycles. The lowest BCUT2D eigenvalue weighted by molar-refractivity contribution is 0.100. The van der Waals surface area contributed by atoms with Crippen molar-refractivity contribution < 1.29 is 9.53 Å². The largest absolute Gasteiger partial charge is 0.489 e. The van der Waals surface area contributed by atoms with Crippen LogP contribution in [0.2, 0.25) is 0 Å². The fraction of sp³-hybridized carbons (Fsp3) is 0.250. The second-order valence-electron chi connectivity index (χ2n) is 6.69. The van der Waals surface area contributed by atoms with Crippen LogP contribution in [0.5, 0.6) is 5.75 Å². The van der Waals surface area contributed by atoms with Crippen molar-refractivity contribution in [3.8, 4) is 17.0 Å². The van der Waals surface area contributed by atoms with E-state index in [-0.39, 0.29) is 6.10 Å². The van der Waals surface area contributed by atoms with E-state index in [0.29, 0.717) is 17.0 Å². The van der Waals surface area contributed by atoms with E-state index >= 15 is 0 Å². The number of thiazole rings is 1. The Hall–Kier alpha value is -2.93. The van der Waals surface area contributed by atoms with Crippen LogP contribution in [0.1, 0.15) is 34.6 Å². The Morgan fingerprint density at radius 3 is 2.93 bits per heavy atom. The van der Waals surface area contributed by atoms with Crippen molar-refractivity contribution in [2.45, 2.75) is 32.8 Å². The summed E-state index contributed by atoms with van der Waals surface area (Å²) in [5.74, 6) is 0.182. The van der Waals surface area contributed by atoms with E-state index in [1.807, 2.05) is 26.1 Å². The number of fused-ring (bicyclic) bond motifs is 3. The monoisotopic (exact) mass is 380 g/mol. The molecule has 0 radical (unpaired) electrons. The van der Waals surface area contributed by atoms with Crippen LogP contribution >= 0.6 is 11.3 Å². The minimum atomic E-state index is -0.478. The zero-order chi connectivity index (χ0) is 19.0. The van der Waals surface area contributed by atoms with Crippen LogP contribution in [0.15, 0.2) is 36.7 Å². The van der Waals surface area contributed by atoms with Crippen LogP contribution in [-0.2, 0) is 12.8 Å². The topological polar surface area (TPSA) is 90.1 Å². The van der Waals surface area contributed by atoms with E-state index in [1.54, 1.807) is 35.7 Å². The molecule has 1 aliphatic rings. The van der Waals surface area contributed by atoms with Crippen LogP contribution in [0.25, 0.3) is 11.3 Å². The normalized spacial score (nSPS) is 12.4. The summed E-state index contributed by atoms with van der Waals surface area (Å²) in [5, 5.41) is 4.08. The van der Waals surface area contributed by atoms with Crippen LogP contribution in [0.4, 0.5) is 10.8 Å². The first-order chi connectivity index (χ1) is 13.0. The van der Waals surface area contributed by atoms with Gasteiger partial charge in [0.05, 0.1) is 17.5 Å². The molecule has 0 aliphatic heterocycles. The fourth-order valence-electron chi connectivity index (χ4n) is 3.14. The number of rotatable bonds is 5. The highest BCUT2D eigenvalue weighted by atomic mass is 32.1. The summed E-state index contributed by atoms with van der Waals surface area (Å²) in [5.41, 5.74) is 9.90. The minimum absolute atomic E-state index is 0.00820. The van der Waals surface area contributed by atoms with Gasteiger partial charge in [-0.1, -0.05) is 0 Å². The number of primary amides is 1. The predicted octanol–water partition coefficient (Wildman–Crippen LogP) is 3.93. The van der Waals surface area contributed by atoms with Gasteiger partial charge in [-0.25, -0.2) is 4.98 Å². The second-order valence-corrected chi connectivity index (χ2v) is 7.77. The molecule has 2 heterocycles. The molecule has 6 nitrogen and oxygen atoms in total. The maximum atomic E-state index is 11.6. The number of nitrogens with one attached hydrogen (secondary N) is 1. The summed E-state index contributed by atoms with van der Waals surface area (Å²) in [4.78, 5) is 21.8. The average Bonchev–Trinajstić information content (AvgIpc) is 3.05. The van der Waals surface area contributed by atoms with Gasteiger partial charge in [-0.15, -0.1) is 11.3 Å². The summed E-state index contributed by atoms with van der Waals surface area (Å²) in [6.45, 7) is 3.91. The number of hydrogen-bond acceptors (Lipinski definition) is 6. The van der Waals surface area contributed by atoms with Gasteiger partial charge in [0.15, 0.2) is 5.13 Å². The van der Waals surface area contributed by atoms with E-state index in [1.165, 1.54) is 10.4 Å². The molecule has 7 heteroatoms. The zero-order valence-electron chi connectivity index (χ0n) is 15.2. The standard InChI is InChI=1S/C20H20N4O2S/c1-11(2)26-16-5-3-12(19(21)25)9-15(16)23-20-24-18-14-7-8-22-10-13(14)4-6-17(18)27-20/h3,5,7-11H,4,6H2,1-2H3,(H2,21,25)(H,23,24). The van der Waals surface area contributed by atoms with Crippen molar-refractivity contribution in [2.75, 3.05) is 5.32 Å². The number of anilines is 2. The summed E-state index contributed by atoms with van der Waals surface area (Å²) < 4.78 is 5.86. The number of aryl methyl sites for hydroxylation is 2. The number of carbonyl (C=O) groups excluding carboxylic acids is 1. The van der Waals surface area contributed by atoms with Gasteiger partial charge in [-0.05, 0) is 56.5 Å². The van der Waals surface area contributed by atoms with Gasteiger partial charge in [0.2, 0.25) is 5.91 Å². The highest BCUT2D eigenvalue weighted by Crippen LogP contribution is 2.39. The molecular formula is C20H20N4O2S. The van der Waals surface area contributed by atoms with Crippen molar-refractivity contribution in [2.24, 2.45) is 5.73 Å². The summed E-state index contributed by atoms with van der Waals surface area (Å²) in [6, 6.07) is 7.15. The molecule has 0 unspecified atom stereocenters. The minimum Gasteiger partial charge on any atom is -0.489 e. The molecule has 2 aromatic heterocycles. The fourth-order valence-corrected chi connectivity index (χ4v) is 4.13. The molecule has 3 aromatic rings. The van der Waals surface area contributed by atoms with Crippen LogP contribution in [0.3, 0.4) is 0 Å². The third-order valence-electron chi connectivity index (χ3n) is 4.35. The number of benzene rings is 1. The number of nitrogens with two attached hydrogens (primary N) is 1. The van der Waals surface area contributed by atoms with E-state index in [9.17, 15) is 4.79 Å². The molecular weight excluding hydrogens is 360 g/mol. The molecule has 0 saturated carbocycles. The van der Waals surface area contributed by atoms with Crippen molar-refractivity contribution in [3.05, 3.63) is 52.7 Å². The highest BCUT2D eigenvalue weighted by molar-refractivity contribution is 7.16. The van der Waals surface area contributed by atoms with Gasteiger partial charge >= 0.3 is 0 Å². The summed E-state index contributed by atoms with van der Waals surface area (Å²) in [7, 11) is 0. The lowest BCUT2D eigenvalue weighted by atomic mass is 9.96. The molecule has 0 atom stereocenters. The molecule has 4 rings (SSSR count). The van der Waals surface area contributed by atoms with E-state index in [4.69, 9.17) is 15.5 Å². The SMILES string of the molecule is CC(C)Oc1ccc(C(N)=O)cc1Nc1nc2c(s1)CCc1cnccc1-2. The Balaban J connectivity index is 1.70. The number of ether oxygens (including phenoxy) is 1. The van der Waals surface area contributed by atoms with Crippen LogP contribution < -0.4 is 15.8 Å². The van der Waals surface area contributed by atoms with Gasteiger partial charge in [-0.3, -0.25) is 9.78 Å². The third kappa shape index (κ3) is 3.50. The molecule has 1 amide bonds. The number of hydrogen-bond donors (Lipinski definition) is 2. The predicted molar refractivity (Wildman–Crippen MR) is 107 cm³/mol. The van der Waals surface area contributed by atoms with E-state index in [0.717, 1.165) is 29.2 Å². The smallest absolute Gasteiger partial charge is 0.248 e. The quantitative estimate of drug-likeness (QED) is 0.700. The lowest BCUT2D eigenvalue weighted by Crippen LogP contribution is -2.12. The first kappa shape index (κ1) is 17.5. The number of pyridine rings is 1. The second kappa shape index (κ2) is 7.00. The average molecular weight is 380 g/mol. The van der Waals surface area contributed by atoms with E-state index < -0.39 is 5.91 Å². The molecule has 0 spiro atoms. The van der Waals surface area contributed by atoms with Crippen molar-refractivity contribution >= 4 is 28.1 Å². The Morgan fingerprint density at radius 2 is 2.15 bits per heavy atom. The number of aromatic nitrogens is 2. The van der Waals surface area contributed by atoms with Gasteiger partial charge < -0.3 is 15.8 Å². The van der Waals surface area contributed by atoms with E-state index in [2.05, 4.69) is 10.3 Å². The maximum Gasteiger partial charge on any atom is 0.248 e. The number of carbonyl (C=O) groups is 1. The molecule has 27 heavy (non-hydrogen) atoms. The summed E-state index contributed by atoms with van der Waals surface area (Å²) >= 11 is 1.62. The Bertz CT molecular complexity index is 1010. The third-order valence-corrected chi connectivity index (χ3v) is 5.38. The summed E-state index contributed by atoms with van der Waals surface area (Å²) in [6.07, 6.45) is 5.63. The Labute approximate surface area is 161 Å². The molecule has 0 fully saturated rings. The van der Waals surface area contributed by atoms with Crippen molar-refractivity contribution in [1.82, 2.24) is 9.97 Å². The molecule has 0 bridgehead atoms. The van der Waals surface area contributed by atoms with Crippen LogP contribution in [0, 0.1) is 0 Å². The molecule has 1 aliphatic carbocycles. The van der Waals surface area contributed by atoms with Gasteiger partial charge in [0.1, 0.15) is 5.75 Å². The first-order valence-electron chi connectivity index (χ1n) is 8.82. The lowest BCUT2D eigenvalue weighted by Gasteiger charge is -2.15. The first-order valence-corrected chi connectivity index (χ1v) is 9.63. The van der Waals surface area contributed by atoms with Gasteiger partial charge in [-0.2, -0.15) is 0 Å². The Kier molecular flexibility index (Phi) is 4.53. The zero-order valence-corrected chi connectivity index (χ0v) is 16.0. The van der Waals surface area contributed by atoms with Gasteiger partial charge in [0.25, 0.3) is 0 Å². The van der Waals surface area contributed by atoms with Crippen LogP contribution in [-0.4, -0.2) is 22.0 Å². The highest BCUT2D eigenvalue weighted by Gasteiger charge is 2.21. The van der Waals surface area contributed by atoms with Crippen molar-refractivity contribution in [3.63, 3.8) is 0 Å².